The molecule has 0 amide bonds. The molecule has 0 aliphatic heterocycles. The van der Waals surface area contributed by atoms with Gasteiger partial charge in [-0.1, -0.05) is 0 Å². The van der Waals surface area contributed by atoms with Crippen LogP contribution >= 0.6 is 0 Å². The van der Waals surface area contributed by atoms with Gasteiger partial charge in [0.05, 0.1) is 4.90 Å². The second kappa shape index (κ2) is 6.09. The summed E-state index contributed by atoms with van der Waals surface area (Å²) < 4.78 is 38.8. The lowest BCUT2D eigenvalue weighted by Gasteiger charge is -2.14. The van der Waals surface area contributed by atoms with Gasteiger partial charge in [-0.3, -0.25) is 4.79 Å². The van der Waals surface area contributed by atoms with E-state index >= 15 is 0 Å². The molecule has 6 nitrogen and oxygen atoms in total. The van der Waals surface area contributed by atoms with Crippen molar-refractivity contribution in [3.8, 4) is 0 Å². The summed E-state index contributed by atoms with van der Waals surface area (Å²) in [6.07, 6.45) is -0.255. The fourth-order valence-electron chi connectivity index (χ4n) is 1.53. The summed E-state index contributed by atoms with van der Waals surface area (Å²) in [6, 6.07) is 1.64. The van der Waals surface area contributed by atoms with Gasteiger partial charge in [0, 0.05) is 6.61 Å². The van der Waals surface area contributed by atoms with Crippen LogP contribution in [0.3, 0.4) is 0 Å². The van der Waals surface area contributed by atoms with Gasteiger partial charge < -0.3 is 10.2 Å². The molecular formula is C11H14FNO5S. The van der Waals surface area contributed by atoms with E-state index in [-0.39, 0.29) is 16.9 Å². The fourth-order valence-corrected chi connectivity index (χ4v) is 2.98. The molecule has 0 saturated carbocycles. The van der Waals surface area contributed by atoms with Crippen LogP contribution in [0, 0.1) is 12.7 Å². The number of rotatable bonds is 6. The van der Waals surface area contributed by atoms with Crippen LogP contribution in [0.2, 0.25) is 0 Å². The van der Waals surface area contributed by atoms with E-state index in [1.165, 1.54) is 6.92 Å². The van der Waals surface area contributed by atoms with E-state index in [9.17, 15) is 17.6 Å². The maximum atomic E-state index is 12.9. The SMILES string of the molecule is Cc1cc(F)ccc1S(=O)(=O)N[C@@H](CCO)C(=O)O. The molecule has 19 heavy (non-hydrogen) atoms. The van der Waals surface area contributed by atoms with Crippen LogP contribution in [0.5, 0.6) is 0 Å². The van der Waals surface area contributed by atoms with Gasteiger partial charge in [0.1, 0.15) is 11.9 Å². The van der Waals surface area contributed by atoms with Gasteiger partial charge in [-0.2, -0.15) is 4.72 Å². The molecule has 3 N–H and O–H groups in total. The Labute approximate surface area is 109 Å². The first-order valence-corrected chi connectivity index (χ1v) is 6.88. The number of sulfonamides is 1. The predicted octanol–water partition coefficient (Wildman–Crippen LogP) is 0.248. The Morgan fingerprint density at radius 2 is 2.11 bits per heavy atom. The van der Waals surface area contributed by atoms with Crippen molar-refractivity contribution in [1.82, 2.24) is 4.72 Å². The number of carboxylic acids is 1. The lowest BCUT2D eigenvalue weighted by Crippen LogP contribution is -2.41. The van der Waals surface area contributed by atoms with Crippen LogP contribution in [0.4, 0.5) is 4.39 Å². The third-order valence-corrected chi connectivity index (χ3v) is 4.07. The second-order valence-electron chi connectivity index (χ2n) is 3.93. The largest absolute Gasteiger partial charge is 0.480 e. The minimum atomic E-state index is -4.08. The van der Waals surface area contributed by atoms with Gasteiger partial charge in [0.25, 0.3) is 0 Å². The molecule has 8 heteroatoms. The third kappa shape index (κ3) is 3.98. The lowest BCUT2D eigenvalue weighted by molar-refractivity contribution is -0.139. The Kier molecular flexibility index (Phi) is 4.98. The number of aliphatic hydroxyl groups excluding tert-OH is 1. The smallest absolute Gasteiger partial charge is 0.321 e. The summed E-state index contributed by atoms with van der Waals surface area (Å²) in [4.78, 5) is 10.6. The highest BCUT2D eigenvalue weighted by Crippen LogP contribution is 2.16. The van der Waals surface area contributed by atoms with E-state index in [1.807, 2.05) is 4.72 Å². The summed E-state index contributed by atoms with van der Waals surface area (Å²) in [7, 11) is -4.08. The minimum Gasteiger partial charge on any atom is -0.480 e. The van der Waals surface area contributed by atoms with Crippen LogP contribution in [0.15, 0.2) is 23.1 Å². The number of aliphatic carboxylic acids is 1. The molecule has 0 aliphatic carbocycles. The van der Waals surface area contributed by atoms with E-state index in [0.717, 1.165) is 18.2 Å². The lowest BCUT2D eigenvalue weighted by atomic mass is 10.2. The number of hydrogen-bond acceptors (Lipinski definition) is 4. The molecule has 0 heterocycles. The maximum absolute atomic E-state index is 12.9. The zero-order chi connectivity index (χ0) is 14.6. The Bertz CT molecular complexity index is 572. The molecule has 1 aromatic carbocycles. The van der Waals surface area contributed by atoms with Crippen LogP contribution in [0.25, 0.3) is 0 Å². The van der Waals surface area contributed by atoms with Crippen LogP contribution < -0.4 is 4.72 Å². The Balaban J connectivity index is 3.06. The topological polar surface area (TPSA) is 104 Å². The van der Waals surface area contributed by atoms with Crippen molar-refractivity contribution >= 4 is 16.0 Å². The first-order chi connectivity index (χ1) is 8.77. The molecule has 1 aromatic rings. The molecule has 0 bridgehead atoms. The third-order valence-electron chi connectivity index (χ3n) is 2.44. The summed E-state index contributed by atoms with van der Waals surface area (Å²) >= 11 is 0. The molecule has 0 spiro atoms. The van der Waals surface area contributed by atoms with Crippen molar-refractivity contribution in [3.05, 3.63) is 29.6 Å². The molecule has 0 radical (unpaired) electrons. The quantitative estimate of drug-likeness (QED) is 0.697. The zero-order valence-electron chi connectivity index (χ0n) is 10.1. The van der Waals surface area contributed by atoms with Gasteiger partial charge in [-0.05, 0) is 37.1 Å². The summed E-state index contributed by atoms with van der Waals surface area (Å²) in [5.41, 5.74) is 0.167. The average molecular weight is 291 g/mol. The van der Waals surface area contributed by atoms with Crippen molar-refractivity contribution in [1.29, 1.82) is 0 Å². The standard InChI is InChI=1S/C11H14FNO5S/c1-7-6-8(12)2-3-10(7)19(17,18)13-9(4-5-14)11(15)16/h2-3,6,9,13-14H,4-5H2,1H3,(H,15,16)/t9-/m0/s1. The van der Waals surface area contributed by atoms with Gasteiger partial charge >= 0.3 is 5.97 Å². The summed E-state index contributed by atoms with van der Waals surface area (Å²) in [5, 5.41) is 17.5. The summed E-state index contributed by atoms with van der Waals surface area (Å²) in [5.74, 6) is -1.97. The van der Waals surface area contributed by atoms with Crippen molar-refractivity contribution < 1.29 is 27.8 Å². The van der Waals surface area contributed by atoms with Gasteiger partial charge in [-0.25, -0.2) is 12.8 Å². The molecule has 1 rings (SSSR count). The average Bonchev–Trinajstić information content (AvgIpc) is 2.27. The molecule has 0 aromatic heterocycles. The summed E-state index contributed by atoms with van der Waals surface area (Å²) in [6.45, 7) is 0.932. The number of carboxylic acid groups (broad SMARTS) is 1. The molecule has 0 fully saturated rings. The zero-order valence-corrected chi connectivity index (χ0v) is 10.9. The van der Waals surface area contributed by atoms with Gasteiger partial charge in [0.2, 0.25) is 10.0 Å². The number of aryl methyl sites for hydroxylation is 1. The molecular weight excluding hydrogens is 277 g/mol. The number of benzene rings is 1. The number of halogens is 1. The highest BCUT2D eigenvalue weighted by molar-refractivity contribution is 7.89. The van der Waals surface area contributed by atoms with Gasteiger partial charge in [-0.15, -0.1) is 0 Å². The first kappa shape index (κ1) is 15.5. The fraction of sp³-hybridized carbons (Fsp3) is 0.364. The molecule has 0 aliphatic rings. The Morgan fingerprint density at radius 1 is 1.47 bits per heavy atom. The van der Waals surface area contributed by atoms with E-state index in [2.05, 4.69) is 0 Å². The van der Waals surface area contributed by atoms with Crippen molar-refractivity contribution in [2.45, 2.75) is 24.3 Å². The maximum Gasteiger partial charge on any atom is 0.321 e. The number of nitrogens with one attached hydrogen (secondary N) is 1. The van der Waals surface area contributed by atoms with E-state index < -0.39 is 34.5 Å². The van der Waals surface area contributed by atoms with Crippen molar-refractivity contribution in [2.75, 3.05) is 6.61 Å². The van der Waals surface area contributed by atoms with Crippen LogP contribution in [0.1, 0.15) is 12.0 Å². The van der Waals surface area contributed by atoms with Crippen LogP contribution in [-0.2, 0) is 14.8 Å². The van der Waals surface area contributed by atoms with Gasteiger partial charge in [0.15, 0.2) is 0 Å². The highest BCUT2D eigenvalue weighted by Gasteiger charge is 2.26. The minimum absolute atomic E-state index is 0.167. The van der Waals surface area contributed by atoms with Crippen molar-refractivity contribution in [2.24, 2.45) is 0 Å². The highest BCUT2D eigenvalue weighted by atomic mass is 32.2. The van der Waals surface area contributed by atoms with E-state index in [4.69, 9.17) is 10.2 Å². The molecule has 106 valence electrons. The predicted molar refractivity (Wildman–Crippen MR) is 64.6 cm³/mol. The number of hydrogen-bond donors (Lipinski definition) is 3. The molecule has 0 saturated heterocycles. The molecule has 0 unspecified atom stereocenters. The van der Waals surface area contributed by atoms with E-state index in [1.54, 1.807) is 0 Å². The monoisotopic (exact) mass is 291 g/mol. The van der Waals surface area contributed by atoms with Crippen molar-refractivity contribution in [3.63, 3.8) is 0 Å². The van der Waals surface area contributed by atoms with E-state index in [0.29, 0.717) is 0 Å². The number of aliphatic hydroxyl groups is 1. The number of carbonyl (C=O) groups is 1. The normalized spacial score (nSPS) is 13.2. The Morgan fingerprint density at radius 3 is 2.58 bits per heavy atom. The van der Waals surface area contributed by atoms with Crippen LogP contribution in [-0.4, -0.2) is 37.2 Å². The molecule has 1 atom stereocenters. The second-order valence-corrected chi connectivity index (χ2v) is 5.62. The Hall–Kier alpha value is -1.51. The first-order valence-electron chi connectivity index (χ1n) is 5.40.